The van der Waals surface area contributed by atoms with Gasteiger partial charge in [0.05, 0.1) is 18.8 Å². The van der Waals surface area contributed by atoms with Gasteiger partial charge in [-0.15, -0.1) is 0 Å². The molecule has 1 heterocycles. The van der Waals surface area contributed by atoms with Crippen LogP contribution in [0.5, 0.6) is 5.75 Å². The number of aliphatic hydroxyl groups excluding tert-OH is 1. The lowest BCUT2D eigenvalue weighted by Gasteiger charge is -2.30. The van der Waals surface area contributed by atoms with Crippen LogP contribution in [0, 0.1) is 6.92 Å². The number of hydrogen-bond acceptors (Lipinski definition) is 5. The fraction of sp³-hybridized carbons (Fsp3) is 0.652. The largest absolute Gasteiger partial charge is 0.494 e. The number of ether oxygens (including phenoxy) is 2. The zero-order valence-electron chi connectivity index (χ0n) is 18.9. The Labute approximate surface area is 179 Å². The van der Waals surface area contributed by atoms with Crippen LogP contribution >= 0.6 is 0 Å². The third-order valence-corrected chi connectivity index (χ3v) is 5.09. The highest BCUT2D eigenvalue weighted by Gasteiger charge is 2.36. The summed E-state index contributed by atoms with van der Waals surface area (Å²) in [5, 5.41) is 13.7. The Morgan fingerprint density at radius 3 is 2.73 bits per heavy atom. The molecule has 1 aromatic carbocycles. The van der Waals surface area contributed by atoms with E-state index in [0.717, 1.165) is 29.7 Å². The number of benzene rings is 1. The number of rotatable bonds is 9. The molecule has 7 heteroatoms. The van der Waals surface area contributed by atoms with Crippen molar-refractivity contribution in [2.45, 2.75) is 78.0 Å². The van der Waals surface area contributed by atoms with E-state index in [9.17, 15) is 14.7 Å². The lowest BCUT2D eigenvalue weighted by molar-refractivity contribution is -0.130. The predicted molar refractivity (Wildman–Crippen MR) is 116 cm³/mol. The van der Waals surface area contributed by atoms with E-state index in [1.54, 1.807) is 25.7 Å². The molecule has 0 aliphatic carbocycles. The number of amides is 2. The van der Waals surface area contributed by atoms with Gasteiger partial charge in [0.15, 0.2) is 0 Å². The minimum absolute atomic E-state index is 0.0118. The molecule has 1 aliphatic heterocycles. The Balaban J connectivity index is 1.97. The number of carbonyl (C=O) groups is 2. The van der Waals surface area contributed by atoms with Gasteiger partial charge in [0.25, 0.3) is 0 Å². The van der Waals surface area contributed by atoms with Gasteiger partial charge in [-0.05, 0) is 63.8 Å². The average Bonchev–Trinajstić information content (AvgIpc) is 3.01. The van der Waals surface area contributed by atoms with E-state index in [1.165, 1.54) is 0 Å². The fourth-order valence-electron chi connectivity index (χ4n) is 3.58. The number of aliphatic hydroxyl groups is 1. The highest BCUT2D eigenvalue weighted by Crippen LogP contribution is 2.32. The summed E-state index contributed by atoms with van der Waals surface area (Å²) in [5.41, 5.74) is 1.15. The number of hydrogen-bond donors (Lipinski definition) is 2. The van der Waals surface area contributed by atoms with Crippen LogP contribution in [0.3, 0.4) is 0 Å². The maximum Gasteiger partial charge on any atom is 0.407 e. The van der Waals surface area contributed by atoms with Crippen LogP contribution in [-0.4, -0.2) is 53.3 Å². The smallest absolute Gasteiger partial charge is 0.407 e. The first-order chi connectivity index (χ1) is 14.1. The van der Waals surface area contributed by atoms with Gasteiger partial charge in [-0.1, -0.05) is 19.4 Å². The molecule has 7 nitrogen and oxygen atoms in total. The molecule has 2 rings (SSSR count). The molecule has 2 atom stereocenters. The Kier molecular flexibility index (Phi) is 8.53. The van der Waals surface area contributed by atoms with E-state index >= 15 is 0 Å². The van der Waals surface area contributed by atoms with Crippen LogP contribution in [0.25, 0.3) is 0 Å². The third kappa shape index (κ3) is 6.90. The second-order valence-corrected chi connectivity index (χ2v) is 8.79. The first kappa shape index (κ1) is 24.0. The van der Waals surface area contributed by atoms with Crippen LogP contribution in [0.1, 0.15) is 70.6 Å². The SMILES string of the molecule is CCCCOc1ccc([C@@H](O)[C@@H]2CCC(=O)N2CCNC(=O)OC(C)(C)C)c(C)c1. The molecule has 0 unspecified atom stereocenters. The minimum atomic E-state index is -0.789. The van der Waals surface area contributed by atoms with Crippen molar-refractivity contribution in [3.63, 3.8) is 0 Å². The van der Waals surface area contributed by atoms with Crippen molar-refractivity contribution >= 4 is 12.0 Å². The molecule has 2 N–H and O–H groups in total. The van der Waals surface area contributed by atoms with Crippen molar-refractivity contribution in [1.82, 2.24) is 10.2 Å². The van der Waals surface area contributed by atoms with Crippen LogP contribution in [-0.2, 0) is 9.53 Å². The topological polar surface area (TPSA) is 88.1 Å². The molecule has 1 fully saturated rings. The van der Waals surface area contributed by atoms with Crippen LogP contribution < -0.4 is 10.1 Å². The monoisotopic (exact) mass is 420 g/mol. The predicted octanol–water partition coefficient (Wildman–Crippen LogP) is 3.72. The van der Waals surface area contributed by atoms with Gasteiger partial charge >= 0.3 is 6.09 Å². The van der Waals surface area contributed by atoms with Gasteiger partial charge in [-0.25, -0.2) is 4.79 Å². The zero-order chi connectivity index (χ0) is 22.3. The number of nitrogens with zero attached hydrogens (tertiary/aromatic N) is 1. The van der Waals surface area contributed by atoms with Gasteiger partial charge in [-0.3, -0.25) is 4.79 Å². The number of likely N-dealkylation sites (tertiary alicyclic amines) is 1. The fourth-order valence-corrected chi connectivity index (χ4v) is 3.58. The number of aryl methyl sites for hydroxylation is 1. The molecule has 0 saturated carbocycles. The van der Waals surface area contributed by atoms with Gasteiger partial charge in [0.2, 0.25) is 5.91 Å². The molecule has 30 heavy (non-hydrogen) atoms. The Morgan fingerprint density at radius 2 is 2.10 bits per heavy atom. The first-order valence-electron chi connectivity index (χ1n) is 10.8. The van der Waals surface area contributed by atoms with E-state index < -0.39 is 17.8 Å². The third-order valence-electron chi connectivity index (χ3n) is 5.09. The summed E-state index contributed by atoms with van der Waals surface area (Å²) < 4.78 is 11.0. The molecule has 1 aliphatic rings. The molecular weight excluding hydrogens is 384 g/mol. The molecule has 1 saturated heterocycles. The van der Waals surface area contributed by atoms with E-state index in [0.29, 0.717) is 26.0 Å². The molecule has 0 radical (unpaired) electrons. The highest BCUT2D eigenvalue weighted by molar-refractivity contribution is 5.79. The van der Waals surface area contributed by atoms with Crippen molar-refractivity contribution in [3.05, 3.63) is 29.3 Å². The lowest BCUT2D eigenvalue weighted by Crippen LogP contribution is -2.43. The minimum Gasteiger partial charge on any atom is -0.494 e. The number of alkyl carbamates (subject to hydrolysis) is 1. The second-order valence-electron chi connectivity index (χ2n) is 8.79. The van der Waals surface area contributed by atoms with Gasteiger partial charge in [-0.2, -0.15) is 0 Å². The van der Waals surface area contributed by atoms with Crippen molar-refractivity contribution in [3.8, 4) is 5.75 Å². The summed E-state index contributed by atoms with van der Waals surface area (Å²) in [7, 11) is 0. The lowest BCUT2D eigenvalue weighted by atomic mass is 9.96. The summed E-state index contributed by atoms with van der Waals surface area (Å²) in [5.74, 6) is 0.778. The highest BCUT2D eigenvalue weighted by atomic mass is 16.6. The van der Waals surface area contributed by atoms with E-state index in [2.05, 4.69) is 12.2 Å². The number of nitrogens with one attached hydrogen (secondary N) is 1. The zero-order valence-corrected chi connectivity index (χ0v) is 18.9. The molecule has 168 valence electrons. The van der Waals surface area contributed by atoms with Gasteiger partial charge in [0, 0.05) is 19.5 Å². The molecule has 0 bridgehead atoms. The van der Waals surface area contributed by atoms with Crippen molar-refractivity contribution in [1.29, 1.82) is 0 Å². The molecular formula is C23H36N2O5. The molecule has 2 amide bonds. The average molecular weight is 421 g/mol. The van der Waals surface area contributed by atoms with E-state index in [-0.39, 0.29) is 18.5 Å². The van der Waals surface area contributed by atoms with Crippen LogP contribution in [0.2, 0.25) is 0 Å². The van der Waals surface area contributed by atoms with Crippen LogP contribution in [0.4, 0.5) is 4.79 Å². The summed E-state index contributed by atoms with van der Waals surface area (Å²) in [6.45, 7) is 10.7. The van der Waals surface area contributed by atoms with Crippen molar-refractivity contribution < 1.29 is 24.2 Å². The second kappa shape index (κ2) is 10.7. The number of carbonyl (C=O) groups excluding carboxylic acids is 2. The quantitative estimate of drug-likeness (QED) is 0.595. The van der Waals surface area contributed by atoms with Crippen LogP contribution in [0.15, 0.2) is 18.2 Å². The van der Waals surface area contributed by atoms with Crippen molar-refractivity contribution in [2.24, 2.45) is 0 Å². The molecule has 0 spiro atoms. The summed E-state index contributed by atoms with van der Waals surface area (Å²) in [6.07, 6.45) is 1.75. The van der Waals surface area contributed by atoms with Crippen molar-refractivity contribution in [2.75, 3.05) is 19.7 Å². The Morgan fingerprint density at radius 1 is 1.37 bits per heavy atom. The Bertz CT molecular complexity index is 729. The number of unbranched alkanes of at least 4 members (excludes halogenated alkanes) is 1. The normalized spacial score (nSPS) is 17.7. The van der Waals surface area contributed by atoms with Gasteiger partial charge < -0.3 is 24.8 Å². The maximum atomic E-state index is 12.4. The standard InChI is InChI=1S/C23H36N2O5/c1-6-7-14-29-17-8-9-18(16(2)15-17)21(27)19-10-11-20(26)25(19)13-12-24-22(28)30-23(3,4)5/h8-9,15,19,21,27H,6-7,10-14H2,1-5H3,(H,24,28)/t19-,21+/m0/s1. The summed E-state index contributed by atoms with van der Waals surface area (Å²) in [4.78, 5) is 25.8. The molecule has 1 aromatic rings. The van der Waals surface area contributed by atoms with E-state index in [4.69, 9.17) is 9.47 Å². The van der Waals surface area contributed by atoms with Gasteiger partial charge in [0.1, 0.15) is 11.4 Å². The Hall–Kier alpha value is -2.28. The maximum absolute atomic E-state index is 12.4. The summed E-state index contributed by atoms with van der Waals surface area (Å²) >= 11 is 0. The first-order valence-corrected chi connectivity index (χ1v) is 10.8. The summed E-state index contributed by atoms with van der Waals surface area (Å²) in [6, 6.07) is 5.36. The van der Waals surface area contributed by atoms with E-state index in [1.807, 2.05) is 25.1 Å². The molecule has 0 aromatic heterocycles.